The SMILES string of the molecule is NN1CCN(Cc2ccc(NC(=O)c3ccc4nc(/C(=C/c5ccccc5)CCCCCF)[nH]c4c3)cc2)CC1. The summed E-state index contributed by atoms with van der Waals surface area (Å²) in [6.45, 7) is 4.25. The summed E-state index contributed by atoms with van der Waals surface area (Å²) < 4.78 is 12.6. The Labute approximate surface area is 234 Å². The molecule has 0 radical (unpaired) electrons. The van der Waals surface area contributed by atoms with Gasteiger partial charge in [0.25, 0.3) is 5.91 Å². The Balaban J connectivity index is 1.27. The van der Waals surface area contributed by atoms with Crippen molar-refractivity contribution in [2.45, 2.75) is 32.2 Å². The van der Waals surface area contributed by atoms with Crippen LogP contribution in [-0.2, 0) is 6.54 Å². The number of piperazine rings is 1. The minimum Gasteiger partial charge on any atom is -0.338 e. The number of hydrogen-bond acceptors (Lipinski definition) is 5. The molecule has 3 aromatic carbocycles. The minimum absolute atomic E-state index is 0.170. The molecule has 0 aliphatic carbocycles. The van der Waals surface area contributed by atoms with Gasteiger partial charge in [0, 0.05) is 44.0 Å². The minimum atomic E-state index is -0.288. The van der Waals surface area contributed by atoms with Crippen LogP contribution in [0.15, 0.2) is 72.8 Å². The Morgan fingerprint density at radius 3 is 2.50 bits per heavy atom. The number of carbonyl (C=O) groups is 1. The third-order valence-electron chi connectivity index (χ3n) is 7.29. The number of aromatic nitrogens is 2. The van der Waals surface area contributed by atoms with Crippen LogP contribution in [0.25, 0.3) is 22.7 Å². The second-order valence-electron chi connectivity index (χ2n) is 10.4. The van der Waals surface area contributed by atoms with Crippen molar-refractivity contribution in [3.8, 4) is 0 Å². The number of H-pyrrole nitrogens is 1. The summed E-state index contributed by atoms with van der Waals surface area (Å²) >= 11 is 0. The zero-order valence-corrected chi connectivity index (χ0v) is 22.8. The fourth-order valence-corrected chi connectivity index (χ4v) is 4.98. The fourth-order valence-electron chi connectivity index (χ4n) is 4.98. The van der Waals surface area contributed by atoms with Gasteiger partial charge >= 0.3 is 0 Å². The lowest BCUT2D eigenvalue weighted by Gasteiger charge is -2.31. The maximum Gasteiger partial charge on any atom is 0.255 e. The van der Waals surface area contributed by atoms with Crippen LogP contribution in [0.3, 0.4) is 0 Å². The molecule has 1 aliphatic rings. The second kappa shape index (κ2) is 13.5. The van der Waals surface area contributed by atoms with Gasteiger partial charge in [0.1, 0.15) is 5.82 Å². The first-order chi connectivity index (χ1) is 19.6. The number of fused-ring (bicyclic) bond motifs is 1. The summed E-state index contributed by atoms with van der Waals surface area (Å²) in [5.74, 6) is 6.46. The highest BCUT2D eigenvalue weighted by Gasteiger charge is 2.15. The van der Waals surface area contributed by atoms with Crippen LogP contribution in [0.2, 0.25) is 0 Å². The van der Waals surface area contributed by atoms with Crippen molar-refractivity contribution in [3.63, 3.8) is 0 Å². The number of anilines is 1. The van der Waals surface area contributed by atoms with E-state index in [2.05, 4.69) is 45.5 Å². The Hall–Kier alpha value is -3.85. The molecular weight excluding hydrogens is 503 g/mol. The van der Waals surface area contributed by atoms with Gasteiger partial charge in [0.15, 0.2) is 0 Å². The molecule has 0 unspecified atom stereocenters. The molecule has 1 saturated heterocycles. The molecule has 1 fully saturated rings. The van der Waals surface area contributed by atoms with Crippen LogP contribution in [0.4, 0.5) is 10.1 Å². The molecule has 7 nitrogen and oxygen atoms in total. The van der Waals surface area contributed by atoms with Gasteiger partial charge in [-0.25, -0.2) is 9.99 Å². The number of rotatable bonds is 11. The predicted octanol–water partition coefficient (Wildman–Crippen LogP) is 5.88. The number of unbranched alkanes of at least 4 members (excludes halogenated alkanes) is 2. The van der Waals surface area contributed by atoms with Gasteiger partial charge in [-0.2, -0.15) is 0 Å². The standard InChI is InChI=1S/C32H37FN6O/c33-16-6-2-5-9-26(21-24-7-3-1-4-8-24)31-36-29-15-12-27(22-30(29)37-31)32(40)35-28-13-10-25(11-14-28)23-38-17-19-39(34)20-18-38/h1,3-4,7-8,10-15,21-22H,2,5-6,9,16-20,23,34H2,(H,35,40)(H,36,37)/b26-21+. The lowest BCUT2D eigenvalue weighted by atomic mass is 10.0. The molecule has 1 aromatic heterocycles. The highest BCUT2D eigenvalue weighted by atomic mass is 19.1. The van der Waals surface area contributed by atoms with E-state index in [1.165, 1.54) is 5.56 Å². The summed E-state index contributed by atoms with van der Waals surface area (Å²) in [5.41, 5.74) is 6.28. The van der Waals surface area contributed by atoms with Crippen molar-refractivity contribution in [2.75, 3.05) is 38.2 Å². The topological polar surface area (TPSA) is 90.3 Å². The first kappa shape index (κ1) is 27.7. The normalized spacial score (nSPS) is 15.0. The van der Waals surface area contributed by atoms with Crippen molar-refractivity contribution >= 4 is 34.3 Å². The quantitative estimate of drug-likeness (QED) is 0.163. The third kappa shape index (κ3) is 7.41. The first-order valence-electron chi connectivity index (χ1n) is 14.0. The summed E-state index contributed by atoms with van der Waals surface area (Å²) in [6.07, 6.45) is 5.21. The number of hydrogen-bond donors (Lipinski definition) is 3. The highest BCUT2D eigenvalue weighted by Crippen LogP contribution is 2.25. The maximum absolute atomic E-state index is 13.1. The van der Waals surface area contributed by atoms with Crippen molar-refractivity contribution in [1.29, 1.82) is 0 Å². The maximum atomic E-state index is 13.1. The molecule has 1 aliphatic heterocycles. The number of allylic oxidation sites excluding steroid dienone is 1. The molecule has 40 heavy (non-hydrogen) atoms. The van der Waals surface area contributed by atoms with Crippen LogP contribution in [0, 0.1) is 0 Å². The molecule has 0 bridgehead atoms. The van der Waals surface area contributed by atoms with Gasteiger partial charge < -0.3 is 10.3 Å². The predicted molar refractivity (Wildman–Crippen MR) is 160 cm³/mol. The molecule has 0 atom stereocenters. The number of alkyl halides is 1. The van der Waals surface area contributed by atoms with Crippen LogP contribution >= 0.6 is 0 Å². The molecule has 4 N–H and O–H groups in total. The number of halogens is 1. The van der Waals surface area contributed by atoms with E-state index in [0.29, 0.717) is 12.0 Å². The number of imidazole rings is 1. The van der Waals surface area contributed by atoms with E-state index in [-0.39, 0.29) is 12.6 Å². The Kier molecular flexibility index (Phi) is 9.34. The molecule has 5 rings (SSSR count). The van der Waals surface area contributed by atoms with E-state index >= 15 is 0 Å². The van der Waals surface area contributed by atoms with Crippen molar-refractivity contribution in [1.82, 2.24) is 19.9 Å². The lowest BCUT2D eigenvalue weighted by molar-refractivity contribution is 0.102. The highest BCUT2D eigenvalue weighted by molar-refractivity contribution is 6.06. The molecule has 1 amide bonds. The average molecular weight is 541 g/mol. The van der Waals surface area contributed by atoms with Gasteiger partial charge in [-0.3, -0.25) is 19.9 Å². The molecular formula is C32H37FN6O. The molecule has 208 valence electrons. The molecule has 8 heteroatoms. The fraction of sp³-hybridized carbons (Fsp3) is 0.312. The van der Waals surface area contributed by atoms with E-state index in [1.54, 1.807) is 6.07 Å². The zero-order chi connectivity index (χ0) is 27.7. The van der Waals surface area contributed by atoms with Crippen molar-refractivity contribution in [3.05, 3.63) is 95.3 Å². The van der Waals surface area contributed by atoms with E-state index in [1.807, 2.05) is 47.5 Å². The third-order valence-corrected chi connectivity index (χ3v) is 7.29. The lowest BCUT2D eigenvalue weighted by Crippen LogP contribution is -2.48. The Morgan fingerprint density at radius 2 is 1.75 bits per heavy atom. The van der Waals surface area contributed by atoms with Gasteiger partial charge in [-0.15, -0.1) is 0 Å². The van der Waals surface area contributed by atoms with E-state index in [4.69, 9.17) is 10.8 Å². The average Bonchev–Trinajstić information content (AvgIpc) is 3.41. The van der Waals surface area contributed by atoms with Crippen molar-refractivity contribution < 1.29 is 9.18 Å². The summed E-state index contributed by atoms with van der Waals surface area (Å²) in [6, 6.07) is 23.6. The summed E-state index contributed by atoms with van der Waals surface area (Å²) in [4.78, 5) is 23.7. The van der Waals surface area contributed by atoms with Crippen molar-refractivity contribution in [2.24, 2.45) is 5.84 Å². The Morgan fingerprint density at radius 1 is 0.975 bits per heavy atom. The number of nitrogens with one attached hydrogen (secondary N) is 2. The van der Waals surface area contributed by atoms with Gasteiger partial charge in [0.05, 0.1) is 17.7 Å². The molecule has 0 spiro atoms. The monoisotopic (exact) mass is 540 g/mol. The van der Waals surface area contributed by atoms with E-state index in [9.17, 15) is 9.18 Å². The van der Waals surface area contributed by atoms with Gasteiger partial charge in [-0.05, 0) is 72.4 Å². The van der Waals surface area contributed by atoms with Crippen LogP contribution in [0.5, 0.6) is 0 Å². The summed E-state index contributed by atoms with van der Waals surface area (Å²) in [5, 5.41) is 4.86. The number of hydrazine groups is 1. The number of nitrogens with two attached hydrogens (primary N) is 1. The van der Waals surface area contributed by atoms with Gasteiger partial charge in [-0.1, -0.05) is 48.9 Å². The van der Waals surface area contributed by atoms with Crippen LogP contribution in [-0.4, -0.2) is 58.6 Å². The second-order valence-corrected chi connectivity index (χ2v) is 10.4. The Bertz CT molecular complexity index is 1430. The van der Waals surface area contributed by atoms with Gasteiger partial charge in [0.2, 0.25) is 0 Å². The number of carbonyl (C=O) groups excluding carboxylic acids is 1. The number of benzene rings is 3. The number of amides is 1. The van der Waals surface area contributed by atoms with Crippen LogP contribution in [0.1, 0.15) is 53.0 Å². The molecule has 0 saturated carbocycles. The smallest absolute Gasteiger partial charge is 0.255 e. The summed E-state index contributed by atoms with van der Waals surface area (Å²) in [7, 11) is 0. The molecule has 4 aromatic rings. The van der Waals surface area contributed by atoms with E-state index < -0.39 is 0 Å². The van der Waals surface area contributed by atoms with Crippen LogP contribution < -0.4 is 11.2 Å². The first-order valence-corrected chi connectivity index (χ1v) is 14.0. The zero-order valence-electron chi connectivity index (χ0n) is 22.8. The largest absolute Gasteiger partial charge is 0.338 e. The number of nitrogens with zero attached hydrogens (tertiary/aromatic N) is 3. The van der Waals surface area contributed by atoms with E-state index in [0.717, 1.165) is 85.7 Å². The number of aromatic amines is 1. The molecule has 2 heterocycles.